The van der Waals surface area contributed by atoms with Crippen molar-refractivity contribution in [1.82, 2.24) is 0 Å². The molecule has 5 heteroatoms. The topological polar surface area (TPSA) is 47.9 Å². The maximum absolute atomic E-state index is 11.7. The number of para-hydroxylation sites is 1. The summed E-state index contributed by atoms with van der Waals surface area (Å²) < 4.78 is 10.4. The molecule has 0 spiro atoms. The Kier molecular flexibility index (Phi) is 4.60. The van der Waals surface area contributed by atoms with Gasteiger partial charge in [0.1, 0.15) is 11.5 Å². The molecular weight excluding hydrogens is 274 g/mol. The van der Waals surface area contributed by atoms with Crippen LogP contribution in [0.2, 0.25) is 0 Å². The molecule has 0 saturated heterocycles. The maximum atomic E-state index is 11.7. The van der Waals surface area contributed by atoms with Gasteiger partial charge in [-0.3, -0.25) is 0 Å². The number of thiocarbonyl (C=S) groups is 1. The first kappa shape index (κ1) is 13.9. The van der Waals surface area contributed by atoms with E-state index < -0.39 is 5.97 Å². The summed E-state index contributed by atoms with van der Waals surface area (Å²) in [7, 11) is 1.30. The molecule has 2 aromatic rings. The molecule has 0 unspecified atom stereocenters. The molecule has 0 aromatic heterocycles. The molecule has 0 N–H and O–H groups in total. The molecule has 0 saturated carbocycles. The van der Waals surface area contributed by atoms with E-state index in [1.165, 1.54) is 7.11 Å². The average molecular weight is 285 g/mol. The summed E-state index contributed by atoms with van der Waals surface area (Å²) in [5.74, 6) is 0.682. The van der Waals surface area contributed by atoms with Gasteiger partial charge in [-0.15, -0.1) is 0 Å². The second-order valence-corrected chi connectivity index (χ2v) is 3.97. The number of hydrogen-bond acceptors (Lipinski definition) is 5. The Morgan fingerprint density at radius 3 is 2.55 bits per heavy atom. The normalized spacial score (nSPS) is 9.45. The van der Waals surface area contributed by atoms with Crippen LogP contribution in [0.25, 0.3) is 0 Å². The zero-order valence-corrected chi connectivity index (χ0v) is 11.5. The van der Waals surface area contributed by atoms with E-state index in [-0.39, 0.29) is 5.56 Å². The van der Waals surface area contributed by atoms with Crippen molar-refractivity contribution in [3.05, 3.63) is 54.1 Å². The Balaban J connectivity index is 2.36. The molecule has 100 valence electrons. The number of aliphatic imine (C=N–C) groups is 1. The monoisotopic (exact) mass is 285 g/mol. The standard InChI is InChI=1S/C15H11NO3S/c1-18-15(17)13-9-12(7-8-14(13)16-10-20)19-11-5-3-2-4-6-11/h2-9H,1H3. The van der Waals surface area contributed by atoms with Crippen LogP contribution < -0.4 is 4.74 Å². The van der Waals surface area contributed by atoms with Gasteiger partial charge >= 0.3 is 5.97 Å². The van der Waals surface area contributed by atoms with E-state index >= 15 is 0 Å². The molecule has 2 aromatic carbocycles. The molecule has 20 heavy (non-hydrogen) atoms. The first-order chi connectivity index (χ1) is 9.74. The summed E-state index contributed by atoms with van der Waals surface area (Å²) in [6.45, 7) is 0. The number of nitrogens with zero attached hydrogens (tertiary/aromatic N) is 1. The van der Waals surface area contributed by atoms with Crippen molar-refractivity contribution in [1.29, 1.82) is 0 Å². The minimum Gasteiger partial charge on any atom is -0.465 e. The summed E-state index contributed by atoms with van der Waals surface area (Å²) in [4.78, 5) is 15.5. The zero-order valence-electron chi connectivity index (χ0n) is 10.7. The minimum atomic E-state index is -0.507. The number of esters is 1. The van der Waals surface area contributed by atoms with Gasteiger partial charge in [-0.25, -0.2) is 4.79 Å². The second kappa shape index (κ2) is 6.61. The lowest BCUT2D eigenvalue weighted by atomic mass is 10.1. The number of rotatable bonds is 4. The third kappa shape index (κ3) is 3.29. The van der Waals surface area contributed by atoms with Crippen LogP contribution in [-0.2, 0) is 4.74 Å². The highest BCUT2D eigenvalue weighted by atomic mass is 32.1. The summed E-state index contributed by atoms with van der Waals surface area (Å²) >= 11 is 4.55. The maximum Gasteiger partial charge on any atom is 0.340 e. The van der Waals surface area contributed by atoms with E-state index in [9.17, 15) is 4.79 Å². The van der Waals surface area contributed by atoms with E-state index in [1.807, 2.05) is 30.3 Å². The molecule has 0 amide bonds. The van der Waals surface area contributed by atoms with Crippen molar-refractivity contribution in [2.24, 2.45) is 4.99 Å². The van der Waals surface area contributed by atoms with E-state index in [4.69, 9.17) is 9.47 Å². The Labute approximate surface area is 121 Å². The van der Waals surface area contributed by atoms with E-state index in [0.717, 1.165) is 0 Å². The molecule has 0 heterocycles. The van der Waals surface area contributed by atoms with Gasteiger partial charge in [0.05, 0.1) is 23.5 Å². The van der Waals surface area contributed by atoms with Gasteiger partial charge in [0.15, 0.2) is 0 Å². The van der Waals surface area contributed by atoms with Gasteiger partial charge in [0.2, 0.25) is 0 Å². The molecule has 0 fully saturated rings. The Hall–Kier alpha value is -2.49. The first-order valence-electron chi connectivity index (χ1n) is 5.77. The number of benzene rings is 2. The number of carbonyl (C=O) groups excluding carboxylic acids is 1. The predicted molar refractivity (Wildman–Crippen MR) is 79.0 cm³/mol. The molecule has 0 aliphatic carbocycles. The number of ether oxygens (including phenoxy) is 2. The third-order valence-corrected chi connectivity index (χ3v) is 2.61. The van der Waals surface area contributed by atoms with Gasteiger partial charge < -0.3 is 9.47 Å². The van der Waals surface area contributed by atoms with Gasteiger partial charge in [0.25, 0.3) is 0 Å². The Morgan fingerprint density at radius 2 is 1.90 bits per heavy atom. The van der Waals surface area contributed by atoms with Crippen LogP contribution in [0.3, 0.4) is 0 Å². The number of isothiocyanates is 1. The summed E-state index contributed by atoms with van der Waals surface area (Å²) in [5.41, 5.74) is 0.672. The van der Waals surface area contributed by atoms with E-state index in [2.05, 4.69) is 22.4 Å². The Bertz CT molecular complexity index is 664. The highest BCUT2D eigenvalue weighted by Gasteiger charge is 2.13. The van der Waals surface area contributed by atoms with E-state index in [0.29, 0.717) is 17.2 Å². The average Bonchev–Trinajstić information content (AvgIpc) is 2.49. The number of carbonyl (C=O) groups is 1. The van der Waals surface area contributed by atoms with Crippen LogP contribution in [0.15, 0.2) is 53.5 Å². The Morgan fingerprint density at radius 1 is 1.15 bits per heavy atom. The van der Waals surface area contributed by atoms with Crippen LogP contribution in [0, 0.1) is 0 Å². The molecule has 0 aliphatic rings. The van der Waals surface area contributed by atoms with Crippen LogP contribution in [0.5, 0.6) is 11.5 Å². The highest BCUT2D eigenvalue weighted by Crippen LogP contribution is 2.28. The van der Waals surface area contributed by atoms with Crippen molar-refractivity contribution in [3.63, 3.8) is 0 Å². The molecule has 2 rings (SSSR count). The summed E-state index contributed by atoms with van der Waals surface area (Å²) in [6.07, 6.45) is 0. The minimum absolute atomic E-state index is 0.276. The van der Waals surface area contributed by atoms with Crippen molar-refractivity contribution < 1.29 is 14.3 Å². The summed E-state index contributed by atoms with van der Waals surface area (Å²) in [6, 6.07) is 14.1. The largest absolute Gasteiger partial charge is 0.465 e. The van der Waals surface area contributed by atoms with Crippen molar-refractivity contribution in [2.75, 3.05) is 7.11 Å². The van der Waals surface area contributed by atoms with Crippen LogP contribution in [0.4, 0.5) is 5.69 Å². The number of methoxy groups -OCH3 is 1. The molecule has 0 aliphatic heterocycles. The SMILES string of the molecule is COC(=O)c1cc(Oc2ccccc2)ccc1N=C=S. The van der Waals surface area contributed by atoms with Gasteiger partial charge in [0, 0.05) is 0 Å². The van der Waals surface area contributed by atoms with Crippen molar-refractivity contribution in [2.45, 2.75) is 0 Å². The van der Waals surface area contributed by atoms with Gasteiger partial charge in [-0.2, -0.15) is 4.99 Å². The lowest BCUT2D eigenvalue weighted by Gasteiger charge is -2.08. The zero-order chi connectivity index (χ0) is 14.4. The first-order valence-corrected chi connectivity index (χ1v) is 6.18. The van der Waals surface area contributed by atoms with Gasteiger partial charge in [-0.1, -0.05) is 18.2 Å². The van der Waals surface area contributed by atoms with Crippen LogP contribution in [-0.4, -0.2) is 18.2 Å². The molecule has 0 radical (unpaired) electrons. The van der Waals surface area contributed by atoms with Crippen LogP contribution in [0.1, 0.15) is 10.4 Å². The third-order valence-electron chi connectivity index (χ3n) is 2.52. The second-order valence-electron chi connectivity index (χ2n) is 3.79. The molecular formula is C15H11NO3S. The molecule has 0 atom stereocenters. The molecule has 0 bridgehead atoms. The lowest BCUT2D eigenvalue weighted by Crippen LogP contribution is -2.01. The molecule has 4 nitrogen and oxygen atoms in total. The summed E-state index contributed by atoms with van der Waals surface area (Å²) in [5, 5.41) is 2.23. The van der Waals surface area contributed by atoms with Gasteiger partial charge in [-0.05, 0) is 42.5 Å². The quantitative estimate of drug-likeness (QED) is 0.484. The lowest BCUT2D eigenvalue weighted by molar-refractivity contribution is 0.0601. The van der Waals surface area contributed by atoms with Crippen molar-refractivity contribution >= 4 is 29.0 Å². The van der Waals surface area contributed by atoms with E-state index in [1.54, 1.807) is 18.2 Å². The highest BCUT2D eigenvalue weighted by molar-refractivity contribution is 7.78. The fraction of sp³-hybridized carbons (Fsp3) is 0.0667. The fourth-order valence-corrected chi connectivity index (χ4v) is 1.72. The fourth-order valence-electron chi connectivity index (χ4n) is 1.62. The smallest absolute Gasteiger partial charge is 0.340 e. The van der Waals surface area contributed by atoms with Crippen molar-refractivity contribution in [3.8, 4) is 11.5 Å². The predicted octanol–water partition coefficient (Wildman–Crippen LogP) is 4.00. The van der Waals surface area contributed by atoms with Crippen LogP contribution >= 0.6 is 12.2 Å². The number of hydrogen-bond donors (Lipinski definition) is 0.